The van der Waals surface area contributed by atoms with E-state index < -0.39 is 0 Å². The van der Waals surface area contributed by atoms with E-state index in [4.69, 9.17) is 16.3 Å². The number of piperidine rings is 1. The molecule has 2 aliphatic rings. The third-order valence-electron chi connectivity index (χ3n) is 3.86. The number of hydrogen-bond donors (Lipinski definition) is 0. The Bertz CT molecular complexity index is 270. The first-order valence-electron chi connectivity index (χ1n) is 6.74. The van der Waals surface area contributed by atoms with E-state index >= 15 is 0 Å². The summed E-state index contributed by atoms with van der Waals surface area (Å²) in [6, 6.07) is 0.341. The van der Waals surface area contributed by atoms with Crippen LogP contribution in [0.1, 0.15) is 45.4 Å². The lowest BCUT2D eigenvalue weighted by atomic mass is 9.99. The molecule has 0 spiro atoms. The topological polar surface area (TPSA) is 29.5 Å². The first-order valence-corrected chi connectivity index (χ1v) is 7.27. The van der Waals surface area contributed by atoms with Crippen LogP contribution in [-0.2, 0) is 9.53 Å². The minimum Gasteiger partial charge on any atom is -0.365 e. The van der Waals surface area contributed by atoms with Gasteiger partial charge in [-0.05, 0) is 45.4 Å². The molecule has 0 radical (unpaired) electrons. The molecule has 4 heteroatoms. The van der Waals surface area contributed by atoms with Gasteiger partial charge in [0.25, 0.3) is 5.91 Å². The van der Waals surface area contributed by atoms with Crippen molar-refractivity contribution in [2.45, 2.75) is 63.7 Å². The molecule has 0 N–H and O–H groups in total. The lowest BCUT2D eigenvalue weighted by Gasteiger charge is -2.37. The fourth-order valence-corrected chi connectivity index (χ4v) is 3.14. The molecule has 0 bridgehead atoms. The largest absolute Gasteiger partial charge is 0.365 e. The van der Waals surface area contributed by atoms with Crippen molar-refractivity contribution in [3.8, 4) is 0 Å². The second-order valence-electron chi connectivity index (χ2n) is 5.17. The number of nitrogens with zero attached hydrogens (tertiary/aromatic N) is 1. The van der Waals surface area contributed by atoms with Crippen molar-refractivity contribution >= 4 is 17.5 Å². The molecular formula is C13H22ClNO2. The third-order valence-corrected chi connectivity index (χ3v) is 4.08. The van der Waals surface area contributed by atoms with Gasteiger partial charge in [-0.15, -0.1) is 11.6 Å². The fourth-order valence-electron chi connectivity index (χ4n) is 2.89. The molecule has 2 fully saturated rings. The maximum atomic E-state index is 12.4. The molecule has 2 rings (SSSR count). The quantitative estimate of drug-likeness (QED) is 0.729. The summed E-state index contributed by atoms with van der Waals surface area (Å²) in [5.41, 5.74) is 0. The van der Waals surface area contributed by atoms with Crippen LogP contribution in [0.15, 0.2) is 0 Å². The summed E-state index contributed by atoms with van der Waals surface area (Å²) in [4.78, 5) is 14.4. The molecule has 3 nitrogen and oxygen atoms in total. The van der Waals surface area contributed by atoms with Crippen molar-refractivity contribution in [2.24, 2.45) is 0 Å². The number of carbonyl (C=O) groups is 1. The predicted octanol–water partition coefficient (Wildman–Crippen LogP) is 2.56. The molecule has 0 aromatic rings. The highest BCUT2D eigenvalue weighted by Crippen LogP contribution is 2.26. The zero-order valence-corrected chi connectivity index (χ0v) is 11.3. The van der Waals surface area contributed by atoms with Crippen LogP contribution in [0.2, 0.25) is 0 Å². The zero-order valence-electron chi connectivity index (χ0n) is 10.5. The highest BCUT2D eigenvalue weighted by atomic mass is 35.5. The van der Waals surface area contributed by atoms with Crippen molar-refractivity contribution in [1.29, 1.82) is 0 Å². The van der Waals surface area contributed by atoms with Crippen LogP contribution in [0, 0.1) is 0 Å². The standard InChI is InChI=1S/C13H22ClNO2/c1-10-5-6-12(17-10)13(16)15-9-3-2-4-11(15)7-8-14/h10-12H,2-9H2,1H3. The summed E-state index contributed by atoms with van der Waals surface area (Å²) in [5.74, 6) is 0.834. The van der Waals surface area contributed by atoms with Gasteiger partial charge in [0.2, 0.25) is 0 Å². The SMILES string of the molecule is CC1CCC(C(=O)N2CCCCC2CCCl)O1. The van der Waals surface area contributed by atoms with E-state index in [1.165, 1.54) is 6.42 Å². The van der Waals surface area contributed by atoms with E-state index in [9.17, 15) is 4.79 Å². The molecule has 2 heterocycles. The van der Waals surface area contributed by atoms with Crippen LogP contribution < -0.4 is 0 Å². The Morgan fingerprint density at radius 1 is 1.35 bits per heavy atom. The lowest BCUT2D eigenvalue weighted by Crippen LogP contribution is -2.48. The van der Waals surface area contributed by atoms with Gasteiger partial charge in [0.1, 0.15) is 6.10 Å². The Morgan fingerprint density at radius 3 is 2.82 bits per heavy atom. The Labute approximate surface area is 108 Å². The Morgan fingerprint density at radius 2 is 2.18 bits per heavy atom. The molecule has 0 aromatic heterocycles. The van der Waals surface area contributed by atoms with Gasteiger partial charge in [-0.2, -0.15) is 0 Å². The molecule has 3 atom stereocenters. The average molecular weight is 260 g/mol. The summed E-state index contributed by atoms with van der Waals surface area (Å²) in [7, 11) is 0. The van der Waals surface area contributed by atoms with Gasteiger partial charge in [0, 0.05) is 18.5 Å². The highest BCUT2D eigenvalue weighted by Gasteiger charge is 2.35. The minimum absolute atomic E-state index is 0.194. The zero-order chi connectivity index (χ0) is 12.3. The van der Waals surface area contributed by atoms with Gasteiger partial charge in [-0.25, -0.2) is 0 Å². The summed E-state index contributed by atoms with van der Waals surface area (Å²) >= 11 is 5.82. The molecule has 2 aliphatic heterocycles. The third kappa shape index (κ3) is 3.14. The molecular weight excluding hydrogens is 238 g/mol. The summed E-state index contributed by atoms with van der Waals surface area (Å²) in [6.07, 6.45) is 6.27. The Hall–Kier alpha value is -0.280. The number of alkyl halides is 1. The van der Waals surface area contributed by atoms with Crippen molar-refractivity contribution in [2.75, 3.05) is 12.4 Å². The van der Waals surface area contributed by atoms with Gasteiger partial charge in [-0.3, -0.25) is 4.79 Å². The smallest absolute Gasteiger partial charge is 0.251 e. The van der Waals surface area contributed by atoms with Crippen molar-refractivity contribution < 1.29 is 9.53 Å². The van der Waals surface area contributed by atoms with Gasteiger partial charge in [0.15, 0.2) is 0 Å². The Balaban J connectivity index is 1.95. The number of carbonyl (C=O) groups excluding carboxylic acids is 1. The lowest BCUT2D eigenvalue weighted by molar-refractivity contribution is -0.146. The first kappa shape index (κ1) is 13.2. The van der Waals surface area contributed by atoms with Crippen LogP contribution >= 0.6 is 11.6 Å². The van der Waals surface area contributed by atoms with E-state index in [1.807, 2.05) is 11.8 Å². The van der Waals surface area contributed by atoms with Crippen LogP contribution in [0.4, 0.5) is 0 Å². The number of amides is 1. The number of halogens is 1. The molecule has 17 heavy (non-hydrogen) atoms. The van der Waals surface area contributed by atoms with Gasteiger partial charge < -0.3 is 9.64 Å². The molecule has 0 aromatic carbocycles. The predicted molar refractivity (Wildman–Crippen MR) is 68.3 cm³/mol. The van der Waals surface area contributed by atoms with Crippen LogP contribution in [0.5, 0.6) is 0 Å². The molecule has 0 aliphatic carbocycles. The molecule has 1 amide bonds. The van der Waals surface area contributed by atoms with E-state index in [-0.39, 0.29) is 18.1 Å². The highest BCUT2D eigenvalue weighted by molar-refractivity contribution is 6.17. The Kier molecular flexibility index (Phi) is 4.69. The van der Waals surface area contributed by atoms with Gasteiger partial charge in [0.05, 0.1) is 6.10 Å². The van der Waals surface area contributed by atoms with Gasteiger partial charge >= 0.3 is 0 Å². The van der Waals surface area contributed by atoms with Crippen LogP contribution in [-0.4, -0.2) is 41.5 Å². The minimum atomic E-state index is -0.194. The van der Waals surface area contributed by atoms with E-state index in [2.05, 4.69) is 0 Å². The first-order chi connectivity index (χ1) is 8.22. The number of hydrogen-bond acceptors (Lipinski definition) is 2. The summed E-state index contributed by atoms with van der Waals surface area (Å²) in [6.45, 7) is 2.92. The number of rotatable bonds is 3. The molecule has 3 unspecified atom stereocenters. The van der Waals surface area contributed by atoms with E-state index in [0.717, 1.165) is 38.6 Å². The maximum Gasteiger partial charge on any atom is 0.251 e. The number of ether oxygens (including phenoxy) is 1. The summed E-state index contributed by atoms with van der Waals surface area (Å²) < 4.78 is 5.68. The summed E-state index contributed by atoms with van der Waals surface area (Å²) in [5, 5.41) is 0. The van der Waals surface area contributed by atoms with E-state index in [1.54, 1.807) is 0 Å². The normalized spacial score (nSPS) is 34.0. The van der Waals surface area contributed by atoms with Crippen molar-refractivity contribution in [1.82, 2.24) is 4.90 Å². The molecule has 98 valence electrons. The average Bonchev–Trinajstić information content (AvgIpc) is 2.76. The van der Waals surface area contributed by atoms with Crippen molar-refractivity contribution in [3.63, 3.8) is 0 Å². The fraction of sp³-hybridized carbons (Fsp3) is 0.923. The van der Waals surface area contributed by atoms with Crippen LogP contribution in [0.25, 0.3) is 0 Å². The van der Waals surface area contributed by atoms with Gasteiger partial charge in [-0.1, -0.05) is 0 Å². The molecule has 2 saturated heterocycles. The second-order valence-corrected chi connectivity index (χ2v) is 5.55. The second kappa shape index (κ2) is 6.05. The van der Waals surface area contributed by atoms with Crippen molar-refractivity contribution in [3.05, 3.63) is 0 Å². The monoisotopic (exact) mass is 259 g/mol. The molecule has 0 saturated carbocycles. The van der Waals surface area contributed by atoms with Crippen LogP contribution in [0.3, 0.4) is 0 Å². The maximum absolute atomic E-state index is 12.4. The number of likely N-dealkylation sites (tertiary alicyclic amines) is 1. The van der Waals surface area contributed by atoms with E-state index in [0.29, 0.717) is 11.9 Å².